The van der Waals surface area contributed by atoms with Gasteiger partial charge in [-0.05, 0) is 30.9 Å². The molecule has 2 fully saturated rings. The van der Waals surface area contributed by atoms with Gasteiger partial charge in [-0.2, -0.15) is 0 Å². The van der Waals surface area contributed by atoms with Gasteiger partial charge in [0.15, 0.2) is 0 Å². The first kappa shape index (κ1) is 14.7. The molecule has 1 aromatic rings. The van der Waals surface area contributed by atoms with Crippen LogP contribution in [0, 0.1) is 5.92 Å². The molecule has 3 aliphatic rings. The Bertz CT molecular complexity index is 630. The first-order chi connectivity index (χ1) is 11.2. The number of fused-ring (bicyclic) bond motifs is 4. The highest BCUT2D eigenvalue weighted by atomic mass is 16.2. The Labute approximate surface area is 136 Å². The summed E-state index contributed by atoms with van der Waals surface area (Å²) in [6.45, 7) is 2.69. The molecule has 4 rings (SSSR count). The number of carbonyl (C=O) groups excluding carboxylic acids is 2. The maximum absolute atomic E-state index is 12.8. The highest BCUT2D eigenvalue weighted by Crippen LogP contribution is 2.28. The van der Waals surface area contributed by atoms with Gasteiger partial charge in [0.1, 0.15) is 0 Å². The van der Waals surface area contributed by atoms with Gasteiger partial charge in [0.05, 0.1) is 12.5 Å². The van der Waals surface area contributed by atoms with Crippen LogP contribution in [-0.4, -0.2) is 48.9 Å². The molecule has 2 saturated heterocycles. The maximum atomic E-state index is 12.8. The van der Waals surface area contributed by atoms with Crippen LogP contribution in [0.3, 0.4) is 0 Å². The van der Waals surface area contributed by atoms with E-state index < -0.39 is 0 Å². The second-order valence-corrected chi connectivity index (χ2v) is 6.95. The SMILES string of the molecule is O=C1NC2CCCC1CN(CC(=O)N1CCc3ccccc31)C2. The van der Waals surface area contributed by atoms with E-state index in [-0.39, 0.29) is 23.8 Å². The third-order valence-electron chi connectivity index (χ3n) is 5.33. The molecule has 23 heavy (non-hydrogen) atoms. The molecule has 2 bridgehead atoms. The Hall–Kier alpha value is -1.88. The van der Waals surface area contributed by atoms with E-state index in [1.54, 1.807) is 0 Å². The molecule has 0 radical (unpaired) electrons. The number of nitrogens with one attached hydrogen (secondary N) is 1. The molecule has 0 saturated carbocycles. The lowest BCUT2D eigenvalue weighted by atomic mass is 9.99. The Kier molecular flexibility index (Phi) is 3.81. The summed E-state index contributed by atoms with van der Waals surface area (Å²) in [5, 5.41) is 3.12. The van der Waals surface area contributed by atoms with Crippen molar-refractivity contribution < 1.29 is 9.59 Å². The van der Waals surface area contributed by atoms with Crippen molar-refractivity contribution in [2.45, 2.75) is 31.7 Å². The minimum Gasteiger partial charge on any atom is -0.352 e. The molecule has 0 aromatic heterocycles. The van der Waals surface area contributed by atoms with Crippen LogP contribution < -0.4 is 10.2 Å². The number of likely N-dealkylation sites (tertiary alicyclic amines) is 1. The van der Waals surface area contributed by atoms with E-state index in [2.05, 4.69) is 16.3 Å². The molecule has 3 heterocycles. The molecule has 3 aliphatic heterocycles. The van der Waals surface area contributed by atoms with Crippen LogP contribution >= 0.6 is 0 Å². The van der Waals surface area contributed by atoms with E-state index >= 15 is 0 Å². The number of carbonyl (C=O) groups is 2. The largest absolute Gasteiger partial charge is 0.352 e. The average molecular weight is 313 g/mol. The van der Waals surface area contributed by atoms with E-state index in [1.165, 1.54) is 5.56 Å². The van der Waals surface area contributed by atoms with Gasteiger partial charge in [0.2, 0.25) is 11.8 Å². The fraction of sp³-hybridized carbons (Fsp3) is 0.556. The zero-order valence-electron chi connectivity index (χ0n) is 13.3. The molecular weight excluding hydrogens is 290 g/mol. The summed E-state index contributed by atoms with van der Waals surface area (Å²) in [7, 11) is 0. The standard InChI is InChI=1S/C18H23N3O2/c22-17(21-9-8-13-4-1-2-7-16(13)21)12-20-10-14-5-3-6-15(11-20)19-18(14)23/h1-2,4,7,14-15H,3,5-6,8-12H2,(H,19,23). The maximum Gasteiger partial charge on any atom is 0.241 e. The average Bonchev–Trinajstić information content (AvgIpc) is 2.80. The van der Waals surface area contributed by atoms with E-state index in [1.807, 2.05) is 23.1 Å². The van der Waals surface area contributed by atoms with E-state index in [0.29, 0.717) is 13.1 Å². The summed E-state index contributed by atoms with van der Waals surface area (Å²) in [6, 6.07) is 8.35. The molecule has 122 valence electrons. The predicted octanol–water partition coefficient (Wildman–Crippen LogP) is 1.18. The lowest BCUT2D eigenvalue weighted by Crippen LogP contribution is -2.44. The molecule has 1 aromatic carbocycles. The molecular formula is C18H23N3O2. The number of anilines is 1. The van der Waals surface area contributed by atoms with Gasteiger partial charge in [-0.15, -0.1) is 0 Å². The molecule has 1 N–H and O–H groups in total. The van der Waals surface area contributed by atoms with Gasteiger partial charge in [-0.1, -0.05) is 24.6 Å². The Morgan fingerprint density at radius 2 is 2.09 bits per heavy atom. The summed E-state index contributed by atoms with van der Waals surface area (Å²) < 4.78 is 0. The molecule has 2 atom stereocenters. The summed E-state index contributed by atoms with van der Waals surface area (Å²) in [5.74, 6) is 0.373. The fourth-order valence-electron chi connectivity index (χ4n) is 4.15. The van der Waals surface area contributed by atoms with Crippen LogP contribution in [0.15, 0.2) is 24.3 Å². The zero-order valence-corrected chi connectivity index (χ0v) is 13.3. The molecule has 0 aliphatic carbocycles. The van der Waals surface area contributed by atoms with Crippen LogP contribution in [0.25, 0.3) is 0 Å². The predicted molar refractivity (Wildman–Crippen MR) is 88.2 cm³/mol. The Morgan fingerprint density at radius 3 is 3.00 bits per heavy atom. The smallest absolute Gasteiger partial charge is 0.241 e. The lowest BCUT2D eigenvalue weighted by Gasteiger charge is -2.28. The van der Waals surface area contributed by atoms with Crippen LogP contribution in [0.1, 0.15) is 24.8 Å². The summed E-state index contributed by atoms with van der Waals surface area (Å²) >= 11 is 0. The van der Waals surface area contributed by atoms with Crippen molar-refractivity contribution in [3.63, 3.8) is 0 Å². The molecule has 2 amide bonds. The first-order valence-corrected chi connectivity index (χ1v) is 8.62. The van der Waals surface area contributed by atoms with E-state index in [0.717, 1.165) is 44.5 Å². The van der Waals surface area contributed by atoms with Gasteiger partial charge >= 0.3 is 0 Å². The van der Waals surface area contributed by atoms with Gasteiger partial charge in [-0.3, -0.25) is 14.5 Å². The minimum atomic E-state index is 0.0427. The van der Waals surface area contributed by atoms with Gasteiger partial charge in [-0.25, -0.2) is 0 Å². The van der Waals surface area contributed by atoms with Crippen LogP contribution in [-0.2, 0) is 16.0 Å². The highest BCUT2D eigenvalue weighted by molar-refractivity contribution is 5.96. The van der Waals surface area contributed by atoms with Crippen molar-refractivity contribution in [3.05, 3.63) is 29.8 Å². The van der Waals surface area contributed by atoms with Crippen LogP contribution in [0.2, 0.25) is 0 Å². The molecule has 2 unspecified atom stereocenters. The number of para-hydroxylation sites is 1. The normalized spacial score (nSPS) is 27.3. The minimum absolute atomic E-state index is 0.0427. The van der Waals surface area contributed by atoms with Crippen molar-refractivity contribution in [2.24, 2.45) is 5.92 Å². The third kappa shape index (κ3) is 2.85. The van der Waals surface area contributed by atoms with E-state index in [9.17, 15) is 9.59 Å². The van der Waals surface area contributed by atoms with Gasteiger partial charge in [0.25, 0.3) is 0 Å². The Balaban J connectivity index is 1.46. The zero-order chi connectivity index (χ0) is 15.8. The van der Waals surface area contributed by atoms with Crippen molar-refractivity contribution in [1.82, 2.24) is 10.2 Å². The summed E-state index contributed by atoms with van der Waals surface area (Å²) in [5.41, 5.74) is 2.31. The molecule has 5 heteroatoms. The monoisotopic (exact) mass is 313 g/mol. The van der Waals surface area contributed by atoms with Crippen LogP contribution in [0.4, 0.5) is 5.69 Å². The first-order valence-electron chi connectivity index (χ1n) is 8.62. The van der Waals surface area contributed by atoms with Gasteiger partial charge < -0.3 is 10.2 Å². The topological polar surface area (TPSA) is 52.7 Å². The van der Waals surface area contributed by atoms with E-state index in [4.69, 9.17) is 0 Å². The summed E-state index contributed by atoms with van der Waals surface area (Å²) in [4.78, 5) is 29.0. The van der Waals surface area contributed by atoms with Crippen molar-refractivity contribution in [1.29, 1.82) is 0 Å². The van der Waals surface area contributed by atoms with Crippen molar-refractivity contribution in [3.8, 4) is 0 Å². The quantitative estimate of drug-likeness (QED) is 0.892. The number of hydrogen-bond acceptors (Lipinski definition) is 3. The third-order valence-corrected chi connectivity index (χ3v) is 5.33. The number of amides is 2. The lowest BCUT2D eigenvalue weighted by molar-refractivity contribution is -0.125. The number of rotatable bonds is 2. The molecule has 0 spiro atoms. The second-order valence-electron chi connectivity index (χ2n) is 6.95. The number of nitrogens with zero attached hydrogens (tertiary/aromatic N) is 2. The number of hydrogen-bond donors (Lipinski definition) is 1. The molecule has 5 nitrogen and oxygen atoms in total. The second kappa shape index (κ2) is 5.96. The summed E-state index contributed by atoms with van der Waals surface area (Å²) in [6.07, 6.45) is 4.02. The van der Waals surface area contributed by atoms with Crippen molar-refractivity contribution >= 4 is 17.5 Å². The number of benzene rings is 1. The van der Waals surface area contributed by atoms with Gasteiger partial charge in [0, 0.05) is 31.4 Å². The Morgan fingerprint density at radius 1 is 1.22 bits per heavy atom. The van der Waals surface area contributed by atoms with Crippen LogP contribution in [0.5, 0.6) is 0 Å². The van der Waals surface area contributed by atoms with Crippen molar-refractivity contribution in [2.75, 3.05) is 31.1 Å². The highest BCUT2D eigenvalue weighted by Gasteiger charge is 2.34. The fourth-order valence-corrected chi connectivity index (χ4v) is 4.15.